The fraction of sp³-hybridized carbons (Fsp3) is 0.467. The molecule has 0 saturated carbocycles. The molecule has 1 fully saturated rings. The third kappa shape index (κ3) is 3.05. The van der Waals surface area contributed by atoms with Crippen molar-refractivity contribution in [2.24, 2.45) is 7.05 Å². The number of hydrogen-bond donors (Lipinski definition) is 0. The summed E-state index contributed by atoms with van der Waals surface area (Å²) in [5, 5.41) is 0. The maximum Gasteiger partial charge on any atom is 0.211 e. The molecule has 118 valence electrons. The van der Waals surface area contributed by atoms with Gasteiger partial charge in [-0.15, -0.1) is 0 Å². The highest BCUT2D eigenvalue weighted by Gasteiger charge is 2.26. The Bertz CT molecular complexity index is 761. The summed E-state index contributed by atoms with van der Waals surface area (Å²) >= 11 is 0. The maximum absolute atomic E-state index is 11.6. The van der Waals surface area contributed by atoms with Crippen LogP contribution in [-0.2, 0) is 17.1 Å². The molecule has 0 bridgehead atoms. The molecule has 3 rings (SSSR count). The van der Waals surface area contributed by atoms with Gasteiger partial charge in [-0.05, 0) is 25.0 Å². The molecule has 3 heterocycles. The van der Waals surface area contributed by atoms with E-state index in [1.54, 1.807) is 16.8 Å². The van der Waals surface area contributed by atoms with Crippen LogP contribution >= 0.6 is 0 Å². The lowest BCUT2D eigenvalue weighted by molar-refractivity contribution is 0.318. The molecular weight excluding hydrogens is 300 g/mol. The van der Waals surface area contributed by atoms with Crippen molar-refractivity contribution in [3.8, 4) is 11.4 Å². The van der Waals surface area contributed by atoms with Gasteiger partial charge in [-0.25, -0.2) is 17.7 Å². The van der Waals surface area contributed by atoms with Crippen molar-refractivity contribution in [2.45, 2.75) is 18.8 Å². The highest BCUT2D eigenvalue weighted by molar-refractivity contribution is 7.88. The Morgan fingerprint density at radius 2 is 1.95 bits per heavy atom. The monoisotopic (exact) mass is 320 g/mol. The first-order valence-corrected chi connectivity index (χ1v) is 9.19. The Kier molecular flexibility index (Phi) is 4.01. The Morgan fingerprint density at radius 1 is 1.23 bits per heavy atom. The number of pyridine rings is 1. The molecule has 0 radical (unpaired) electrons. The van der Waals surface area contributed by atoms with E-state index in [-0.39, 0.29) is 0 Å². The van der Waals surface area contributed by atoms with Gasteiger partial charge in [-0.2, -0.15) is 0 Å². The normalized spacial score (nSPS) is 17.7. The van der Waals surface area contributed by atoms with E-state index >= 15 is 0 Å². The fourth-order valence-electron chi connectivity index (χ4n) is 2.91. The number of nitrogens with zero attached hydrogens (tertiary/aromatic N) is 4. The van der Waals surface area contributed by atoms with E-state index in [1.165, 1.54) is 6.26 Å². The van der Waals surface area contributed by atoms with Crippen molar-refractivity contribution in [3.05, 3.63) is 36.4 Å². The molecule has 7 heteroatoms. The van der Waals surface area contributed by atoms with Crippen LogP contribution in [0.4, 0.5) is 0 Å². The molecule has 0 aromatic carbocycles. The lowest BCUT2D eigenvalue weighted by Crippen LogP contribution is -2.37. The SMILES string of the molecule is Cn1cncc1-c1cccc(C2CCN(S(C)(=O)=O)CC2)n1. The van der Waals surface area contributed by atoms with Gasteiger partial charge in [0.1, 0.15) is 0 Å². The van der Waals surface area contributed by atoms with Gasteiger partial charge in [0.15, 0.2) is 0 Å². The summed E-state index contributed by atoms with van der Waals surface area (Å²) in [6.07, 6.45) is 6.46. The second-order valence-corrected chi connectivity index (χ2v) is 7.76. The first kappa shape index (κ1) is 15.2. The van der Waals surface area contributed by atoms with Crippen LogP contribution in [0.15, 0.2) is 30.7 Å². The molecule has 2 aromatic heterocycles. The summed E-state index contributed by atoms with van der Waals surface area (Å²) in [5.74, 6) is 0.311. The molecule has 22 heavy (non-hydrogen) atoms. The fourth-order valence-corrected chi connectivity index (χ4v) is 3.78. The first-order valence-electron chi connectivity index (χ1n) is 7.34. The zero-order valence-corrected chi connectivity index (χ0v) is 13.6. The van der Waals surface area contributed by atoms with Gasteiger partial charge in [-0.3, -0.25) is 4.98 Å². The van der Waals surface area contributed by atoms with E-state index in [4.69, 9.17) is 4.98 Å². The van der Waals surface area contributed by atoms with Crippen LogP contribution < -0.4 is 0 Å². The van der Waals surface area contributed by atoms with Gasteiger partial charge < -0.3 is 4.57 Å². The molecule has 0 aliphatic carbocycles. The quantitative estimate of drug-likeness (QED) is 0.862. The smallest absolute Gasteiger partial charge is 0.211 e. The standard InChI is InChI=1S/C15H20N4O2S/c1-18-11-16-10-15(18)14-5-3-4-13(17-14)12-6-8-19(9-7-12)22(2,20)21/h3-5,10-12H,6-9H2,1-2H3. The number of imidazole rings is 1. The lowest BCUT2D eigenvalue weighted by Gasteiger charge is -2.30. The third-order valence-electron chi connectivity index (χ3n) is 4.19. The van der Waals surface area contributed by atoms with Crippen molar-refractivity contribution in [2.75, 3.05) is 19.3 Å². The van der Waals surface area contributed by atoms with Crippen molar-refractivity contribution in [1.29, 1.82) is 0 Å². The number of sulfonamides is 1. The zero-order chi connectivity index (χ0) is 15.7. The molecule has 6 nitrogen and oxygen atoms in total. The van der Waals surface area contributed by atoms with Gasteiger partial charge in [-0.1, -0.05) is 6.07 Å². The largest absolute Gasteiger partial charge is 0.332 e. The molecule has 1 saturated heterocycles. The molecule has 0 atom stereocenters. The van der Waals surface area contributed by atoms with Gasteiger partial charge in [0.2, 0.25) is 10.0 Å². The van der Waals surface area contributed by atoms with E-state index in [1.807, 2.05) is 29.8 Å². The van der Waals surface area contributed by atoms with E-state index in [0.717, 1.165) is 29.9 Å². The zero-order valence-electron chi connectivity index (χ0n) is 12.8. The minimum Gasteiger partial charge on any atom is -0.332 e. The Labute approximate surface area is 130 Å². The molecule has 0 unspecified atom stereocenters. The average molecular weight is 320 g/mol. The van der Waals surface area contributed by atoms with Crippen LogP contribution in [0, 0.1) is 0 Å². The number of aromatic nitrogens is 3. The second-order valence-electron chi connectivity index (χ2n) is 5.77. The third-order valence-corrected chi connectivity index (χ3v) is 5.49. The predicted molar refractivity (Wildman–Crippen MR) is 84.8 cm³/mol. The lowest BCUT2D eigenvalue weighted by atomic mass is 9.94. The Hall–Kier alpha value is -1.73. The second kappa shape index (κ2) is 5.81. The minimum atomic E-state index is -3.08. The average Bonchev–Trinajstić information content (AvgIpc) is 2.93. The minimum absolute atomic E-state index is 0.311. The molecule has 0 spiro atoms. The molecule has 0 N–H and O–H groups in total. The van der Waals surface area contributed by atoms with Crippen LogP contribution in [0.2, 0.25) is 0 Å². The van der Waals surface area contributed by atoms with Crippen LogP contribution in [0.5, 0.6) is 0 Å². The van der Waals surface area contributed by atoms with E-state index in [9.17, 15) is 8.42 Å². The Balaban J connectivity index is 1.78. The summed E-state index contributed by atoms with van der Waals surface area (Å²) in [6, 6.07) is 6.01. The van der Waals surface area contributed by atoms with Crippen LogP contribution in [0.3, 0.4) is 0 Å². The summed E-state index contributed by atoms with van der Waals surface area (Å²) in [5.41, 5.74) is 2.92. The molecule has 0 amide bonds. The highest BCUT2D eigenvalue weighted by Crippen LogP contribution is 2.29. The molecule has 2 aromatic rings. The van der Waals surface area contributed by atoms with Crippen molar-refractivity contribution in [1.82, 2.24) is 18.8 Å². The van der Waals surface area contributed by atoms with Gasteiger partial charge in [0, 0.05) is 31.7 Å². The number of rotatable bonds is 3. The van der Waals surface area contributed by atoms with E-state index < -0.39 is 10.0 Å². The van der Waals surface area contributed by atoms with Gasteiger partial charge in [0.05, 0.1) is 30.2 Å². The maximum atomic E-state index is 11.6. The molecular formula is C15H20N4O2S. The van der Waals surface area contributed by atoms with Gasteiger partial charge >= 0.3 is 0 Å². The van der Waals surface area contributed by atoms with Crippen LogP contribution in [-0.4, -0.2) is 46.6 Å². The number of piperidine rings is 1. The molecule has 1 aliphatic heterocycles. The van der Waals surface area contributed by atoms with E-state index in [2.05, 4.69) is 4.98 Å². The van der Waals surface area contributed by atoms with Crippen molar-refractivity contribution < 1.29 is 8.42 Å². The predicted octanol–water partition coefficient (Wildman–Crippen LogP) is 1.62. The first-order chi connectivity index (χ1) is 10.4. The summed E-state index contributed by atoms with van der Waals surface area (Å²) < 4.78 is 26.6. The van der Waals surface area contributed by atoms with Crippen LogP contribution in [0.25, 0.3) is 11.4 Å². The topological polar surface area (TPSA) is 68.1 Å². The number of hydrogen-bond acceptors (Lipinski definition) is 4. The van der Waals surface area contributed by atoms with Crippen molar-refractivity contribution in [3.63, 3.8) is 0 Å². The van der Waals surface area contributed by atoms with Crippen LogP contribution in [0.1, 0.15) is 24.5 Å². The summed E-state index contributed by atoms with van der Waals surface area (Å²) in [7, 11) is -1.13. The highest BCUT2D eigenvalue weighted by atomic mass is 32.2. The number of aryl methyl sites for hydroxylation is 1. The van der Waals surface area contributed by atoms with Gasteiger partial charge in [0.25, 0.3) is 0 Å². The van der Waals surface area contributed by atoms with E-state index in [0.29, 0.717) is 19.0 Å². The summed E-state index contributed by atoms with van der Waals surface area (Å²) in [6.45, 7) is 1.14. The Morgan fingerprint density at radius 3 is 2.55 bits per heavy atom. The molecule has 1 aliphatic rings. The summed E-state index contributed by atoms with van der Waals surface area (Å²) in [4.78, 5) is 8.88. The van der Waals surface area contributed by atoms with Crippen molar-refractivity contribution >= 4 is 10.0 Å².